The smallest absolute Gasteiger partial charge is 0.334 e. The lowest BCUT2D eigenvalue weighted by atomic mass is 9.93. The molecule has 12 heteroatoms. The van der Waals surface area contributed by atoms with Crippen molar-refractivity contribution >= 4 is 34.9 Å². The van der Waals surface area contributed by atoms with E-state index in [9.17, 15) is 19.5 Å². The fourth-order valence-corrected chi connectivity index (χ4v) is 4.89. The average molecular weight is 596 g/mol. The summed E-state index contributed by atoms with van der Waals surface area (Å²) in [7, 11) is 1.68. The van der Waals surface area contributed by atoms with E-state index in [4.69, 9.17) is 5.11 Å². The van der Waals surface area contributed by atoms with Crippen LogP contribution in [0.2, 0.25) is 0 Å². The molecule has 1 heterocycles. The molecule has 0 aliphatic heterocycles. The number of tetrazole rings is 1. The third-order valence-corrected chi connectivity index (χ3v) is 7.26. The lowest BCUT2D eigenvalue weighted by molar-refractivity contribution is -0.146. The molecule has 0 saturated carbocycles. The third-order valence-electron chi connectivity index (χ3n) is 7.26. The summed E-state index contributed by atoms with van der Waals surface area (Å²) < 4.78 is 0. The van der Waals surface area contributed by atoms with Crippen LogP contribution < -0.4 is 15.5 Å². The Bertz CT molecular complexity index is 1670. The number of aliphatic hydroxyl groups is 1. The highest BCUT2D eigenvalue weighted by molar-refractivity contribution is 6.02. The monoisotopic (exact) mass is 595 g/mol. The van der Waals surface area contributed by atoms with Gasteiger partial charge in [-0.05, 0) is 84.0 Å². The van der Waals surface area contributed by atoms with E-state index in [1.54, 1.807) is 54.4 Å². The Morgan fingerprint density at radius 3 is 2.43 bits per heavy atom. The van der Waals surface area contributed by atoms with Crippen molar-refractivity contribution in [2.45, 2.75) is 38.3 Å². The first-order chi connectivity index (χ1) is 21.3. The molecule has 4 aromatic rings. The van der Waals surface area contributed by atoms with Crippen LogP contribution in [0.1, 0.15) is 47.2 Å². The fourth-order valence-electron chi connectivity index (χ4n) is 4.89. The van der Waals surface area contributed by atoms with E-state index in [1.807, 2.05) is 30.3 Å². The number of anilines is 2. The van der Waals surface area contributed by atoms with Crippen molar-refractivity contribution in [1.29, 1.82) is 0 Å². The zero-order valence-corrected chi connectivity index (χ0v) is 24.2. The molecular formula is C32H33N7O5. The maximum Gasteiger partial charge on any atom is 0.334 e. The molecule has 1 aliphatic rings. The van der Waals surface area contributed by atoms with Crippen LogP contribution in [0.15, 0.2) is 78.9 Å². The molecule has 1 aromatic heterocycles. The lowest BCUT2D eigenvalue weighted by Crippen LogP contribution is -2.36. The standard InChI is InChI=1S/C32H33N7O5/c1-38-36-29(35-37-38)25-8-5-9-26(18-25)34-32(44)39(27-16-14-23(15-17-27)22-6-3-2-4-7-22)20-21-10-12-24(13-11-21)30(41)33-19-28(40)31(42)43/h5-6,8-18,28,40H,2-4,7,19-20H2,1H3,(H,33,41)(H,34,44)(H,42,43)/t28-/m1/s1. The molecule has 1 atom stereocenters. The Kier molecular flexibility index (Phi) is 9.40. The average Bonchev–Trinajstić information content (AvgIpc) is 3.49. The summed E-state index contributed by atoms with van der Waals surface area (Å²) in [5, 5.41) is 35.8. The van der Waals surface area contributed by atoms with Crippen molar-refractivity contribution in [3.63, 3.8) is 0 Å². The van der Waals surface area contributed by atoms with E-state index in [0.717, 1.165) is 24.0 Å². The molecular weight excluding hydrogens is 562 g/mol. The van der Waals surface area contributed by atoms with Crippen molar-refractivity contribution in [3.8, 4) is 11.4 Å². The number of nitrogens with zero attached hydrogens (tertiary/aromatic N) is 5. The number of carbonyl (C=O) groups excluding carboxylic acids is 2. The van der Waals surface area contributed by atoms with Gasteiger partial charge in [0.25, 0.3) is 5.91 Å². The number of benzene rings is 3. The third kappa shape index (κ3) is 7.53. The van der Waals surface area contributed by atoms with E-state index in [-0.39, 0.29) is 12.6 Å². The number of aliphatic hydroxyl groups excluding tert-OH is 1. The Morgan fingerprint density at radius 2 is 1.77 bits per heavy atom. The number of allylic oxidation sites excluding steroid dienone is 2. The van der Waals surface area contributed by atoms with Crippen LogP contribution in [0.5, 0.6) is 0 Å². The van der Waals surface area contributed by atoms with Gasteiger partial charge >= 0.3 is 12.0 Å². The fraction of sp³-hybridized carbons (Fsp3) is 0.250. The van der Waals surface area contributed by atoms with Gasteiger partial charge < -0.3 is 20.8 Å². The van der Waals surface area contributed by atoms with Gasteiger partial charge in [-0.2, -0.15) is 4.80 Å². The number of carbonyl (C=O) groups is 3. The van der Waals surface area contributed by atoms with Gasteiger partial charge in [0, 0.05) is 22.5 Å². The second-order valence-corrected chi connectivity index (χ2v) is 10.5. The van der Waals surface area contributed by atoms with Gasteiger partial charge in [-0.1, -0.05) is 42.5 Å². The molecule has 0 bridgehead atoms. The first-order valence-corrected chi connectivity index (χ1v) is 14.3. The van der Waals surface area contributed by atoms with Gasteiger partial charge in [-0.25, -0.2) is 9.59 Å². The van der Waals surface area contributed by atoms with Crippen molar-refractivity contribution in [2.24, 2.45) is 7.05 Å². The maximum atomic E-state index is 13.8. The number of amides is 3. The minimum absolute atomic E-state index is 0.207. The molecule has 3 amide bonds. The number of aryl methyl sites for hydroxylation is 1. The summed E-state index contributed by atoms with van der Waals surface area (Å²) in [6, 6.07) is 21.4. The predicted molar refractivity (Wildman–Crippen MR) is 165 cm³/mol. The summed E-state index contributed by atoms with van der Waals surface area (Å²) in [5.41, 5.74) is 5.47. The van der Waals surface area contributed by atoms with Crippen LogP contribution in [0.4, 0.5) is 16.2 Å². The molecule has 44 heavy (non-hydrogen) atoms. The first-order valence-electron chi connectivity index (χ1n) is 14.3. The molecule has 5 rings (SSSR count). The van der Waals surface area contributed by atoms with E-state index in [2.05, 4.69) is 32.1 Å². The Hall–Kier alpha value is -5.36. The van der Waals surface area contributed by atoms with Crippen molar-refractivity contribution in [1.82, 2.24) is 25.5 Å². The van der Waals surface area contributed by atoms with Crippen molar-refractivity contribution in [3.05, 3.63) is 95.6 Å². The van der Waals surface area contributed by atoms with E-state index in [1.165, 1.54) is 23.2 Å². The molecule has 4 N–H and O–H groups in total. The number of nitrogens with one attached hydrogen (secondary N) is 2. The molecule has 3 aromatic carbocycles. The summed E-state index contributed by atoms with van der Waals surface area (Å²) in [6.45, 7) is -0.205. The zero-order valence-electron chi connectivity index (χ0n) is 24.2. The summed E-state index contributed by atoms with van der Waals surface area (Å²) >= 11 is 0. The number of hydrogen-bond acceptors (Lipinski definition) is 7. The van der Waals surface area contributed by atoms with Gasteiger partial charge in [-0.3, -0.25) is 9.69 Å². The van der Waals surface area contributed by atoms with Crippen molar-refractivity contribution < 1.29 is 24.6 Å². The van der Waals surface area contributed by atoms with Gasteiger partial charge in [-0.15, -0.1) is 10.2 Å². The van der Waals surface area contributed by atoms with Crippen molar-refractivity contribution in [2.75, 3.05) is 16.8 Å². The van der Waals surface area contributed by atoms with Crippen LogP contribution in [0.25, 0.3) is 17.0 Å². The van der Waals surface area contributed by atoms with Crippen LogP contribution in [-0.2, 0) is 18.4 Å². The SMILES string of the molecule is Cn1nnc(-c2cccc(NC(=O)N(Cc3ccc(C(=O)NC[C@@H](O)C(=O)O)cc3)c3ccc(C4=CCCCC4)cc3)c2)n1. The maximum absolute atomic E-state index is 13.8. The molecule has 0 unspecified atom stereocenters. The van der Waals surface area contributed by atoms with Gasteiger partial charge in [0.05, 0.1) is 20.1 Å². The van der Waals surface area contributed by atoms with Crippen LogP contribution in [0.3, 0.4) is 0 Å². The Morgan fingerprint density at radius 1 is 1.00 bits per heavy atom. The topological polar surface area (TPSA) is 163 Å². The molecule has 0 fully saturated rings. The molecule has 1 aliphatic carbocycles. The lowest BCUT2D eigenvalue weighted by Gasteiger charge is -2.24. The quantitative estimate of drug-likeness (QED) is 0.212. The second kappa shape index (κ2) is 13.7. The van der Waals surface area contributed by atoms with Crippen LogP contribution in [0, 0.1) is 0 Å². The molecule has 0 spiro atoms. The minimum Gasteiger partial charge on any atom is -0.479 e. The number of carboxylic acids is 1. The van der Waals surface area contributed by atoms with Crippen LogP contribution >= 0.6 is 0 Å². The highest BCUT2D eigenvalue weighted by Gasteiger charge is 2.19. The largest absolute Gasteiger partial charge is 0.479 e. The molecule has 12 nitrogen and oxygen atoms in total. The highest BCUT2D eigenvalue weighted by Crippen LogP contribution is 2.29. The second-order valence-electron chi connectivity index (χ2n) is 10.5. The van der Waals surface area contributed by atoms with E-state index >= 15 is 0 Å². The highest BCUT2D eigenvalue weighted by atomic mass is 16.4. The summed E-state index contributed by atoms with van der Waals surface area (Å²) in [6.07, 6.45) is 5.07. The molecule has 226 valence electrons. The van der Waals surface area contributed by atoms with Gasteiger partial charge in [0.15, 0.2) is 6.10 Å². The zero-order chi connectivity index (χ0) is 31.1. The number of hydrogen-bond donors (Lipinski definition) is 4. The number of carboxylic acid groups (broad SMARTS) is 1. The first kappa shape index (κ1) is 30.1. The number of aromatic nitrogens is 4. The van der Waals surface area contributed by atoms with Gasteiger partial charge in [0.2, 0.25) is 5.82 Å². The molecule has 0 saturated heterocycles. The Labute approximate surface area is 254 Å². The molecule has 0 radical (unpaired) electrons. The van der Waals surface area contributed by atoms with Crippen LogP contribution in [-0.4, -0.2) is 61.0 Å². The number of rotatable bonds is 10. The number of aliphatic carboxylic acids is 1. The summed E-state index contributed by atoms with van der Waals surface area (Å²) in [4.78, 5) is 40.0. The van der Waals surface area contributed by atoms with E-state index < -0.39 is 24.5 Å². The Balaban J connectivity index is 1.36. The van der Waals surface area contributed by atoms with E-state index in [0.29, 0.717) is 28.3 Å². The number of urea groups is 1. The minimum atomic E-state index is -1.69. The summed E-state index contributed by atoms with van der Waals surface area (Å²) in [5.74, 6) is -1.49. The predicted octanol–water partition coefficient (Wildman–Crippen LogP) is 4.25. The normalized spacial score (nSPS) is 13.5. The van der Waals surface area contributed by atoms with Gasteiger partial charge in [0.1, 0.15) is 0 Å².